The summed E-state index contributed by atoms with van der Waals surface area (Å²) in [5.74, 6) is -1.83. The molecule has 0 aliphatic rings. The monoisotopic (exact) mass is 267 g/mol. The third-order valence-electron chi connectivity index (χ3n) is 2.30. The van der Waals surface area contributed by atoms with E-state index in [-0.39, 0.29) is 18.4 Å². The third kappa shape index (κ3) is 4.39. The molecule has 0 aromatic heterocycles. The van der Waals surface area contributed by atoms with Crippen LogP contribution in [0.4, 0.5) is 8.78 Å². The van der Waals surface area contributed by atoms with Crippen molar-refractivity contribution in [2.24, 2.45) is 0 Å². The van der Waals surface area contributed by atoms with Crippen LogP contribution >= 0.6 is 0 Å². The lowest BCUT2D eigenvalue weighted by atomic mass is 10.1. The Morgan fingerprint density at radius 3 is 2.58 bits per heavy atom. The summed E-state index contributed by atoms with van der Waals surface area (Å²) in [5, 5.41) is 11.0. The molecule has 0 unspecified atom stereocenters. The number of carbonyl (C=O) groups is 2. The van der Waals surface area contributed by atoms with Crippen molar-refractivity contribution in [3.8, 4) is 12.3 Å². The molecule has 0 bridgehead atoms. The van der Waals surface area contributed by atoms with Crippen LogP contribution in [0.5, 0.6) is 0 Å². The van der Waals surface area contributed by atoms with Crippen LogP contribution in [0.2, 0.25) is 0 Å². The molecule has 0 saturated heterocycles. The predicted molar refractivity (Wildman–Crippen MR) is 63.1 cm³/mol. The summed E-state index contributed by atoms with van der Waals surface area (Å²) in [7, 11) is 0. The maximum Gasteiger partial charge on any atom is 0.327 e. The predicted octanol–water partition coefficient (Wildman–Crippen LogP) is 1.10. The molecule has 4 nitrogen and oxygen atoms in total. The molecule has 100 valence electrons. The van der Waals surface area contributed by atoms with Crippen LogP contribution in [0.15, 0.2) is 18.2 Å². The van der Waals surface area contributed by atoms with Gasteiger partial charge in [-0.3, -0.25) is 4.79 Å². The van der Waals surface area contributed by atoms with E-state index in [1.165, 1.54) is 6.07 Å². The van der Waals surface area contributed by atoms with E-state index in [2.05, 4.69) is 11.2 Å². The van der Waals surface area contributed by atoms with Crippen LogP contribution in [0.3, 0.4) is 0 Å². The summed E-state index contributed by atoms with van der Waals surface area (Å²) < 4.78 is 25.6. The lowest BCUT2D eigenvalue weighted by Crippen LogP contribution is -2.41. The quantitative estimate of drug-likeness (QED) is 0.785. The minimum absolute atomic E-state index is 0.154. The lowest BCUT2D eigenvalue weighted by Gasteiger charge is -2.11. The van der Waals surface area contributed by atoms with E-state index in [0.717, 1.165) is 12.1 Å². The van der Waals surface area contributed by atoms with Crippen molar-refractivity contribution < 1.29 is 23.5 Å². The largest absolute Gasteiger partial charge is 0.480 e. The second-order valence-corrected chi connectivity index (χ2v) is 3.79. The zero-order valence-electron chi connectivity index (χ0n) is 9.82. The Hall–Kier alpha value is -2.42. The molecule has 0 aliphatic carbocycles. The highest BCUT2D eigenvalue weighted by Crippen LogP contribution is 2.09. The number of nitrogens with one attached hydrogen (secondary N) is 1. The topological polar surface area (TPSA) is 66.4 Å². The van der Waals surface area contributed by atoms with Gasteiger partial charge in [-0.15, -0.1) is 12.3 Å². The molecule has 1 aromatic rings. The maximum absolute atomic E-state index is 12.9. The van der Waals surface area contributed by atoms with E-state index in [1.54, 1.807) is 0 Å². The number of carbonyl (C=O) groups excluding carboxylic acids is 1. The van der Waals surface area contributed by atoms with Crippen LogP contribution in [0, 0.1) is 24.0 Å². The van der Waals surface area contributed by atoms with Gasteiger partial charge in [0, 0.05) is 6.42 Å². The van der Waals surface area contributed by atoms with E-state index >= 15 is 0 Å². The molecule has 2 N–H and O–H groups in total. The van der Waals surface area contributed by atoms with Crippen LogP contribution in [-0.2, 0) is 16.0 Å². The van der Waals surface area contributed by atoms with E-state index in [1.807, 2.05) is 0 Å². The van der Waals surface area contributed by atoms with Gasteiger partial charge in [-0.1, -0.05) is 6.07 Å². The molecular formula is C13H11F2NO3. The van der Waals surface area contributed by atoms with Crippen LogP contribution in [0.25, 0.3) is 0 Å². The minimum Gasteiger partial charge on any atom is -0.480 e. The lowest BCUT2D eigenvalue weighted by molar-refractivity contribution is -0.141. The molecule has 6 heteroatoms. The number of halogens is 2. The highest BCUT2D eigenvalue weighted by molar-refractivity contribution is 5.85. The van der Waals surface area contributed by atoms with E-state index in [9.17, 15) is 18.4 Å². The van der Waals surface area contributed by atoms with Gasteiger partial charge in [-0.05, 0) is 17.7 Å². The van der Waals surface area contributed by atoms with Gasteiger partial charge in [0.05, 0.1) is 6.42 Å². The first kappa shape index (κ1) is 14.6. The van der Waals surface area contributed by atoms with Gasteiger partial charge in [0.25, 0.3) is 0 Å². The summed E-state index contributed by atoms with van der Waals surface area (Å²) in [6.45, 7) is 0. The Kier molecular flexibility index (Phi) is 5.01. The number of rotatable bonds is 5. The van der Waals surface area contributed by atoms with Crippen LogP contribution in [-0.4, -0.2) is 23.0 Å². The number of carboxylic acid groups (broad SMARTS) is 1. The van der Waals surface area contributed by atoms with Crippen LogP contribution in [0.1, 0.15) is 12.0 Å². The molecule has 1 amide bonds. The highest BCUT2D eigenvalue weighted by atomic mass is 19.2. The van der Waals surface area contributed by atoms with E-state index in [0.29, 0.717) is 0 Å². The summed E-state index contributed by atoms with van der Waals surface area (Å²) in [5.41, 5.74) is 0.237. The smallest absolute Gasteiger partial charge is 0.327 e. The summed E-state index contributed by atoms with van der Waals surface area (Å²) in [6, 6.07) is 1.83. The number of benzene rings is 1. The van der Waals surface area contributed by atoms with Gasteiger partial charge >= 0.3 is 5.97 Å². The first-order valence-corrected chi connectivity index (χ1v) is 5.33. The average Bonchev–Trinajstić information content (AvgIpc) is 2.33. The van der Waals surface area contributed by atoms with E-state index < -0.39 is 29.6 Å². The Morgan fingerprint density at radius 2 is 2.05 bits per heavy atom. The number of aliphatic carboxylic acids is 1. The number of hydrogen-bond acceptors (Lipinski definition) is 2. The summed E-state index contributed by atoms with van der Waals surface area (Å²) in [4.78, 5) is 22.3. The molecular weight excluding hydrogens is 256 g/mol. The van der Waals surface area contributed by atoms with Gasteiger partial charge < -0.3 is 10.4 Å². The Balaban J connectivity index is 2.66. The fourth-order valence-electron chi connectivity index (χ4n) is 1.40. The van der Waals surface area contributed by atoms with Gasteiger partial charge in [0.1, 0.15) is 6.04 Å². The standard InChI is InChI=1S/C13H11F2NO3/c1-2-3-11(13(18)19)16-12(17)7-8-4-5-9(14)10(15)6-8/h1,4-6,11H,3,7H2,(H,16,17)(H,18,19)/t11-/m0/s1. The van der Waals surface area contributed by atoms with Gasteiger partial charge in [-0.2, -0.15) is 0 Å². The van der Waals surface area contributed by atoms with Crippen LogP contribution < -0.4 is 5.32 Å². The molecule has 0 heterocycles. The number of amides is 1. The molecule has 0 fully saturated rings. The van der Waals surface area contributed by atoms with Crippen molar-refractivity contribution in [3.63, 3.8) is 0 Å². The van der Waals surface area contributed by atoms with E-state index in [4.69, 9.17) is 11.5 Å². The fourth-order valence-corrected chi connectivity index (χ4v) is 1.40. The molecule has 1 rings (SSSR count). The van der Waals surface area contributed by atoms with Gasteiger partial charge in [-0.25, -0.2) is 13.6 Å². The third-order valence-corrected chi connectivity index (χ3v) is 2.30. The molecule has 19 heavy (non-hydrogen) atoms. The molecule has 0 saturated carbocycles. The zero-order chi connectivity index (χ0) is 14.4. The first-order valence-electron chi connectivity index (χ1n) is 5.33. The molecule has 0 radical (unpaired) electrons. The Labute approximate surface area is 108 Å². The molecule has 1 aromatic carbocycles. The van der Waals surface area contributed by atoms with Crippen molar-refractivity contribution >= 4 is 11.9 Å². The zero-order valence-corrected chi connectivity index (χ0v) is 9.82. The number of terminal acetylenes is 1. The number of carboxylic acids is 1. The summed E-state index contributed by atoms with van der Waals surface area (Å²) in [6.07, 6.45) is 4.56. The maximum atomic E-state index is 12.9. The molecule has 0 aliphatic heterocycles. The van der Waals surface area contributed by atoms with Crippen molar-refractivity contribution in [1.29, 1.82) is 0 Å². The van der Waals surface area contributed by atoms with Crippen molar-refractivity contribution in [3.05, 3.63) is 35.4 Å². The first-order chi connectivity index (χ1) is 8.93. The Morgan fingerprint density at radius 1 is 1.37 bits per heavy atom. The minimum atomic E-state index is -1.25. The fraction of sp³-hybridized carbons (Fsp3) is 0.231. The highest BCUT2D eigenvalue weighted by Gasteiger charge is 2.18. The SMILES string of the molecule is C#CC[C@H](NC(=O)Cc1ccc(F)c(F)c1)C(=O)O. The van der Waals surface area contributed by atoms with Crippen molar-refractivity contribution in [1.82, 2.24) is 5.32 Å². The molecule has 1 atom stereocenters. The second-order valence-electron chi connectivity index (χ2n) is 3.79. The van der Waals surface area contributed by atoms with Gasteiger partial charge in [0.2, 0.25) is 5.91 Å². The summed E-state index contributed by atoms with van der Waals surface area (Å²) >= 11 is 0. The number of hydrogen-bond donors (Lipinski definition) is 2. The normalized spacial score (nSPS) is 11.4. The molecule has 0 spiro atoms. The Bertz CT molecular complexity index is 537. The second kappa shape index (κ2) is 6.50. The van der Waals surface area contributed by atoms with Crippen molar-refractivity contribution in [2.45, 2.75) is 18.9 Å². The van der Waals surface area contributed by atoms with Crippen molar-refractivity contribution in [2.75, 3.05) is 0 Å². The average molecular weight is 267 g/mol. The van der Waals surface area contributed by atoms with Gasteiger partial charge in [0.15, 0.2) is 11.6 Å².